The van der Waals surface area contributed by atoms with E-state index in [9.17, 15) is 9.59 Å². The van der Waals surface area contributed by atoms with Gasteiger partial charge in [-0.3, -0.25) is 19.6 Å². The zero-order valence-corrected chi connectivity index (χ0v) is 16.5. The molecule has 1 aliphatic heterocycles. The number of anilines is 1. The predicted octanol–water partition coefficient (Wildman–Crippen LogP) is 2.74. The fraction of sp³-hybridized carbons (Fsp3) is 0.333. The summed E-state index contributed by atoms with van der Waals surface area (Å²) in [4.78, 5) is 34.0. The fourth-order valence-electron chi connectivity index (χ4n) is 3.69. The summed E-state index contributed by atoms with van der Waals surface area (Å²) in [6.07, 6.45) is 2.87. The molecule has 1 atom stereocenters. The van der Waals surface area contributed by atoms with Crippen LogP contribution in [0.3, 0.4) is 0 Å². The maximum absolute atomic E-state index is 12.6. The predicted molar refractivity (Wildman–Crippen MR) is 111 cm³/mol. The first kappa shape index (κ1) is 19.1. The topological polar surface area (TPSA) is 107 Å². The van der Waals surface area contributed by atoms with Crippen molar-refractivity contribution >= 4 is 11.6 Å². The van der Waals surface area contributed by atoms with Crippen LogP contribution in [0.1, 0.15) is 47.7 Å². The van der Waals surface area contributed by atoms with Gasteiger partial charge in [0.05, 0.1) is 11.7 Å². The van der Waals surface area contributed by atoms with E-state index in [1.165, 1.54) is 6.07 Å². The molecular weight excluding hydrogens is 368 g/mol. The van der Waals surface area contributed by atoms with E-state index in [0.717, 1.165) is 36.3 Å². The van der Waals surface area contributed by atoms with Crippen LogP contribution in [0.5, 0.6) is 0 Å². The van der Waals surface area contributed by atoms with Crippen LogP contribution < -0.4 is 10.9 Å². The second kappa shape index (κ2) is 8.00. The van der Waals surface area contributed by atoms with Gasteiger partial charge in [-0.15, -0.1) is 0 Å². The van der Waals surface area contributed by atoms with Crippen molar-refractivity contribution in [2.45, 2.75) is 32.2 Å². The number of aromatic amines is 2. The second-order valence-electron chi connectivity index (χ2n) is 7.32. The van der Waals surface area contributed by atoms with E-state index in [4.69, 9.17) is 0 Å². The zero-order chi connectivity index (χ0) is 20.4. The van der Waals surface area contributed by atoms with Crippen molar-refractivity contribution in [1.82, 2.24) is 25.1 Å². The highest BCUT2D eigenvalue weighted by Gasteiger charge is 2.25. The molecule has 1 aromatic carbocycles. The lowest BCUT2D eigenvalue weighted by Gasteiger charge is -2.16. The van der Waals surface area contributed by atoms with Gasteiger partial charge >= 0.3 is 0 Å². The minimum atomic E-state index is -0.283. The highest BCUT2D eigenvalue weighted by molar-refractivity contribution is 6.03. The number of H-pyrrole nitrogens is 2. The van der Waals surface area contributed by atoms with Crippen molar-refractivity contribution in [2.24, 2.45) is 0 Å². The number of hydrogen-bond donors (Lipinski definition) is 3. The average molecular weight is 392 g/mol. The number of hydrogen-bond acceptors (Lipinski definition) is 5. The molecule has 3 aromatic rings. The van der Waals surface area contributed by atoms with Gasteiger partial charge in [0.25, 0.3) is 11.5 Å². The highest BCUT2D eigenvalue weighted by Crippen LogP contribution is 2.29. The molecule has 1 aliphatic rings. The van der Waals surface area contributed by atoms with Crippen molar-refractivity contribution in [3.63, 3.8) is 0 Å². The Hall–Kier alpha value is -3.26. The Kier molecular flexibility index (Phi) is 5.26. The van der Waals surface area contributed by atoms with E-state index >= 15 is 0 Å². The minimum absolute atomic E-state index is 0.192. The van der Waals surface area contributed by atoms with Crippen molar-refractivity contribution < 1.29 is 4.79 Å². The normalized spacial score (nSPS) is 16.8. The van der Waals surface area contributed by atoms with Crippen LogP contribution in [-0.2, 0) is 6.42 Å². The molecule has 3 N–H and O–H groups in total. The summed E-state index contributed by atoms with van der Waals surface area (Å²) in [7, 11) is 2.08. The quantitative estimate of drug-likeness (QED) is 0.619. The van der Waals surface area contributed by atoms with Gasteiger partial charge < -0.3 is 10.3 Å². The SMILES string of the molecule is CCc1cc(=O)[nH]c(-c2cccc(NC(=O)c3cc(C4CCCN4C)[nH]n3)c2)n1. The Morgan fingerprint density at radius 1 is 1.31 bits per heavy atom. The van der Waals surface area contributed by atoms with E-state index < -0.39 is 0 Å². The minimum Gasteiger partial charge on any atom is -0.321 e. The van der Waals surface area contributed by atoms with Crippen molar-refractivity contribution in [1.29, 1.82) is 0 Å². The van der Waals surface area contributed by atoms with Gasteiger partial charge in [-0.2, -0.15) is 5.10 Å². The van der Waals surface area contributed by atoms with E-state index in [1.807, 2.05) is 25.1 Å². The molecular formula is C21H24N6O2. The van der Waals surface area contributed by atoms with Crippen molar-refractivity contribution in [3.05, 3.63) is 63.8 Å². The second-order valence-corrected chi connectivity index (χ2v) is 7.32. The first-order valence-corrected chi connectivity index (χ1v) is 9.81. The molecule has 29 heavy (non-hydrogen) atoms. The molecule has 4 rings (SSSR count). The number of carbonyl (C=O) groups is 1. The molecule has 1 saturated heterocycles. The largest absolute Gasteiger partial charge is 0.321 e. The summed E-state index contributed by atoms with van der Waals surface area (Å²) in [6, 6.07) is 10.8. The molecule has 0 saturated carbocycles. The third kappa shape index (κ3) is 4.12. The summed E-state index contributed by atoms with van der Waals surface area (Å²) in [5, 5.41) is 10.1. The molecule has 0 bridgehead atoms. The highest BCUT2D eigenvalue weighted by atomic mass is 16.2. The van der Waals surface area contributed by atoms with Gasteiger partial charge in [0, 0.05) is 23.0 Å². The van der Waals surface area contributed by atoms with E-state index in [1.54, 1.807) is 12.1 Å². The Labute approximate surface area is 168 Å². The lowest BCUT2D eigenvalue weighted by molar-refractivity contribution is 0.102. The molecule has 0 radical (unpaired) electrons. The van der Waals surface area contributed by atoms with Gasteiger partial charge in [0.2, 0.25) is 0 Å². The number of aromatic nitrogens is 4. The molecule has 8 nitrogen and oxygen atoms in total. The first-order chi connectivity index (χ1) is 14.0. The monoisotopic (exact) mass is 392 g/mol. The number of nitrogens with zero attached hydrogens (tertiary/aromatic N) is 3. The third-order valence-corrected chi connectivity index (χ3v) is 5.26. The smallest absolute Gasteiger partial charge is 0.276 e. The lowest BCUT2D eigenvalue weighted by Crippen LogP contribution is -2.17. The van der Waals surface area contributed by atoms with E-state index in [2.05, 4.69) is 37.4 Å². The van der Waals surface area contributed by atoms with E-state index in [0.29, 0.717) is 23.6 Å². The van der Waals surface area contributed by atoms with Gasteiger partial charge in [0.15, 0.2) is 5.69 Å². The first-order valence-electron chi connectivity index (χ1n) is 9.81. The summed E-state index contributed by atoms with van der Waals surface area (Å²) in [5.41, 5.74) is 3.18. The number of nitrogens with one attached hydrogen (secondary N) is 3. The number of benzene rings is 1. The number of rotatable bonds is 5. The maximum Gasteiger partial charge on any atom is 0.276 e. The Balaban J connectivity index is 1.52. The Morgan fingerprint density at radius 3 is 2.93 bits per heavy atom. The van der Waals surface area contributed by atoms with Crippen LogP contribution in [0.4, 0.5) is 5.69 Å². The number of likely N-dealkylation sites (tertiary alicyclic amines) is 1. The van der Waals surface area contributed by atoms with Gasteiger partial charge in [-0.1, -0.05) is 19.1 Å². The third-order valence-electron chi connectivity index (χ3n) is 5.26. The Morgan fingerprint density at radius 2 is 2.17 bits per heavy atom. The molecule has 1 amide bonds. The summed E-state index contributed by atoms with van der Waals surface area (Å²) in [6.45, 7) is 3.00. The van der Waals surface area contributed by atoms with Gasteiger partial charge in [-0.05, 0) is 51.1 Å². The zero-order valence-electron chi connectivity index (χ0n) is 16.5. The van der Waals surface area contributed by atoms with Crippen LogP contribution in [-0.4, -0.2) is 44.6 Å². The molecule has 150 valence electrons. The number of carbonyl (C=O) groups excluding carboxylic acids is 1. The van der Waals surface area contributed by atoms with Crippen LogP contribution >= 0.6 is 0 Å². The molecule has 2 aromatic heterocycles. The summed E-state index contributed by atoms with van der Waals surface area (Å²) in [5.74, 6) is 0.200. The lowest BCUT2D eigenvalue weighted by atomic mass is 10.1. The van der Waals surface area contributed by atoms with Crippen molar-refractivity contribution in [2.75, 3.05) is 18.9 Å². The standard InChI is InChI=1S/C21H24N6O2/c1-3-14-11-19(28)24-20(22-14)13-6-4-7-15(10-13)23-21(29)17-12-16(25-26-17)18-8-5-9-27(18)2/h4,6-7,10-12,18H,3,5,8-9H2,1-2H3,(H,23,29)(H,25,26)(H,22,24,28). The number of aryl methyl sites for hydroxylation is 1. The molecule has 3 heterocycles. The molecule has 0 spiro atoms. The van der Waals surface area contributed by atoms with Crippen LogP contribution in [0.2, 0.25) is 0 Å². The number of amides is 1. The Bertz CT molecular complexity index is 1090. The summed E-state index contributed by atoms with van der Waals surface area (Å²) >= 11 is 0. The molecule has 1 fully saturated rings. The van der Waals surface area contributed by atoms with Gasteiger partial charge in [0.1, 0.15) is 5.82 Å². The van der Waals surface area contributed by atoms with Crippen molar-refractivity contribution in [3.8, 4) is 11.4 Å². The average Bonchev–Trinajstić information content (AvgIpc) is 3.36. The molecule has 1 unspecified atom stereocenters. The summed E-state index contributed by atoms with van der Waals surface area (Å²) < 4.78 is 0. The van der Waals surface area contributed by atoms with E-state index in [-0.39, 0.29) is 17.5 Å². The molecule has 0 aliphatic carbocycles. The van der Waals surface area contributed by atoms with Gasteiger partial charge in [-0.25, -0.2) is 4.98 Å². The maximum atomic E-state index is 12.6. The molecule has 8 heteroatoms. The van der Waals surface area contributed by atoms with Crippen LogP contribution in [0, 0.1) is 0 Å². The van der Waals surface area contributed by atoms with Crippen LogP contribution in [0.15, 0.2) is 41.2 Å². The van der Waals surface area contributed by atoms with Crippen LogP contribution in [0.25, 0.3) is 11.4 Å². The fourth-order valence-corrected chi connectivity index (χ4v) is 3.69.